The van der Waals surface area contributed by atoms with E-state index in [0.717, 1.165) is 5.56 Å². The second-order valence-electron chi connectivity index (χ2n) is 5.13. The molecular weight excluding hydrogens is 342 g/mol. The second-order valence-corrected chi connectivity index (χ2v) is 6.04. The third kappa shape index (κ3) is 4.45. The zero-order chi connectivity index (χ0) is 17.6. The Morgan fingerprint density at radius 3 is 2.72 bits per heavy atom. The van der Waals surface area contributed by atoms with Gasteiger partial charge < -0.3 is 14.6 Å². The van der Waals surface area contributed by atoms with Crippen molar-refractivity contribution in [1.29, 1.82) is 0 Å². The van der Waals surface area contributed by atoms with Gasteiger partial charge in [0.2, 0.25) is 0 Å². The van der Waals surface area contributed by atoms with Crippen LogP contribution in [0.1, 0.15) is 21.0 Å². The average Bonchev–Trinajstić information content (AvgIpc) is 3.23. The Balaban J connectivity index is 1.59. The van der Waals surface area contributed by atoms with Crippen molar-refractivity contribution in [3.8, 4) is 0 Å². The Morgan fingerprint density at radius 1 is 1.20 bits per heavy atom. The van der Waals surface area contributed by atoms with Gasteiger partial charge in [-0.05, 0) is 23.9 Å². The highest BCUT2D eigenvalue weighted by atomic mass is 32.1. The van der Waals surface area contributed by atoms with Crippen LogP contribution in [0.25, 0.3) is 0 Å². The number of nitrogens with zero attached hydrogens (tertiary/aromatic N) is 1. The molecule has 0 spiro atoms. The van der Waals surface area contributed by atoms with E-state index in [1.807, 2.05) is 30.3 Å². The lowest BCUT2D eigenvalue weighted by molar-refractivity contribution is 0.103. The Labute approximate surface area is 147 Å². The highest BCUT2D eigenvalue weighted by Crippen LogP contribution is 2.24. The Bertz CT molecular complexity index is 873. The number of aromatic nitrogens is 1. The molecule has 1 aromatic carbocycles. The molecule has 0 aliphatic rings. The molecule has 0 radical (unpaired) electrons. The average molecular weight is 357 g/mol. The van der Waals surface area contributed by atoms with Crippen molar-refractivity contribution >= 4 is 34.8 Å². The molecule has 7 nitrogen and oxygen atoms in total. The van der Waals surface area contributed by atoms with E-state index in [1.165, 1.54) is 11.3 Å². The lowest BCUT2D eigenvalue weighted by Crippen LogP contribution is -2.17. The van der Waals surface area contributed by atoms with E-state index in [9.17, 15) is 9.59 Å². The minimum atomic E-state index is -0.631. The van der Waals surface area contributed by atoms with Gasteiger partial charge in [-0.2, -0.15) is 0 Å². The van der Waals surface area contributed by atoms with Crippen LogP contribution in [0.3, 0.4) is 0 Å². The number of carbonyl (C=O) groups excluding carboxylic acids is 2. The number of carbonyl (C=O) groups is 2. The minimum Gasteiger partial charge on any atom is -0.444 e. The molecule has 0 aliphatic carbocycles. The summed E-state index contributed by atoms with van der Waals surface area (Å²) in [5.74, 6) is 0.513. The fourth-order valence-corrected chi connectivity index (χ4v) is 2.80. The molecule has 2 N–H and O–H groups in total. The minimum absolute atomic E-state index is 0.149. The number of anilines is 2. The summed E-state index contributed by atoms with van der Waals surface area (Å²) in [4.78, 5) is 24.6. The first-order valence-electron chi connectivity index (χ1n) is 7.41. The largest absolute Gasteiger partial charge is 0.444 e. The van der Waals surface area contributed by atoms with Crippen molar-refractivity contribution in [2.75, 3.05) is 10.6 Å². The molecule has 3 aromatic rings. The maximum Gasteiger partial charge on any atom is 0.412 e. The van der Waals surface area contributed by atoms with Crippen molar-refractivity contribution in [3.63, 3.8) is 0 Å². The molecule has 3 rings (SSSR count). The van der Waals surface area contributed by atoms with Gasteiger partial charge in [-0.25, -0.2) is 4.79 Å². The molecule has 2 aromatic heterocycles. The van der Waals surface area contributed by atoms with Gasteiger partial charge >= 0.3 is 6.09 Å². The lowest BCUT2D eigenvalue weighted by Gasteiger charge is -2.07. The highest BCUT2D eigenvalue weighted by molar-refractivity contribution is 7.12. The summed E-state index contributed by atoms with van der Waals surface area (Å²) in [5.41, 5.74) is 1.25. The van der Waals surface area contributed by atoms with Gasteiger partial charge in [-0.3, -0.25) is 10.1 Å². The smallest absolute Gasteiger partial charge is 0.412 e. The fourth-order valence-electron chi connectivity index (χ4n) is 2.05. The van der Waals surface area contributed by atoms with Gasteiger partial charge in [0.25, 0.3) is 5.91 Å². The molecule has 0 saturated heterocycles. The summed E-state index contributed by atoms with van der Waals surface area (Å²) in [6, 6.07) is 12.6. The monoisotopic (exact) mass is 357 g/mol. The first-order chi connectivity index (χ1) is 12.1. The predicted molar refractivity (Wildman–Crippen MR) is 93.8 cm³/mol. The molecule has 0 atom stereocenters. The molecule has 2 heterocycles. The molecule has 2 amide bonds. The molecule has 0 saturated carbocycles. The zero-order valence-corrected chi connectivity index (χ0v) is 14.1. The highest BCUT2D eigenvalue weighted by Gasteiger charge is 2.17. The van der Waals surface area contributed by atoms with Crippen LogP contribution < -0.4 is 10.6 Å². The number of ether oxygens (including phenoxy) is 1. The van der Waals surface area contributed by atoms with Crippen LogP contribution in [0.15, 0.2) is 52.4 Å². The van der Waals surface area contributed by atoms with Gasteiger partial charge in [0.1, 0.15) is 17.2 Å². The standard InChI is InChI=1S/C17H15N3O4S/c1-11-9-14(20-24-11)19-16(21)15-13(7-8-25-15)18-17(22)23-10-12-5-3-2-4-6-12/h2-9H,10H2,1H3,(H,18,22)(H,19,20,21). The normalized spacial score (nSPS) is 10.3. The van der Waals surface area contributed by atoms with E-state index in [0.29, 0.717) is 22.1 Å². The molecule has 0 fully saturated rings. The molecule has 0 aliphatic heterocycles. The van der Waals surface area contributed by atoms with Crippen LogP contribution in [-0.2, 0) is 11.3 Å². The van der Waals surface area contributed by atoms with Gasteiger partial charge in [0, 0.05) is 6.07 Å². The van der Waals surface area contributed by atoms with Gasteiger partial charge in [-0.15, -0.1) is 11.3 Å². The summed E-state index contributed by atoms with van der Waals surface area (Å²) >= 11 is 1.20. The number of benzene rings is 1. The summed E-state index contributed by atoms with van der Waals surface area (Å²) in [5, 5.41) is 10.6. The molecule has 0 bridgehead atoms. The number of hydrogen-bond acceptors (Lipinski definition) is 6. The molecule has 8 heteroatoms. The maximum absolute atomic E-state index is 12.3. The fraction of sp³-hybridized carbons (Fsp3) is 0.118. The Kier molecular flexibility index (Phi) is 5.10. The number of thiophene rings is 1. The number of aryl methyl sites for hydroxylation is 1. The zero-order valence-electron chi connectivity index (χ0n) is 13.3. The van der Waals surface area contributed by atoms with Crippen LogP contribution in [0.5, 0.6) is 0 Å². The topological polar surface area (TPSA) is 93.5 Å². The Hall–Kier alpha value is -3.13. The van der Waals surface area contributed by atoms with E-state index in [1.54, 1.807) is 24.4 Å². The first kappa shape index (κ1) is 16.7. The van der Waals surface area contributed by atoms with E-state index in [2.05, 4.69) is 15.8 Å². The quantitative estimate of drug-likeness (QED) is 0.718. The molecule has 0 unspecified atom stereocenters. The lowest BCUT2D eigenvalue weighted by atomic mass is 10.2. The van der Waals surface area contributed by atoms with E-state index < -0.39 is 6.09 Å². The summed E-state index contributed by atoms with van der Waals surface area (Å²) in [6.07, 6.45) is -0.631. The van der Waals surface area contributed by atoms with E-state index in [-0.39, 0.29) is 12.5 Å². The van der Waals surface area contributed by atoms with E-state index >= 15 is 0 Å². The maximum atomic E-state index is 12.3. The number of rotatable bonds is 5. The predicted octanol–water partition coefficient (Wildman–Crippen LogP) is 4.05. The van der Waals surface area contributed by atoms with Crippen LogP contribution in [0.4, 0.5) is 16.3 Å². The van der Waals surface area contributed by atoms with Crippen molar-refractivity contribution in [2.45, 2.75) is 13.5 Å². The molecule has 128 valence electrons. The number of hydrogen-bond donors (Lipinski definition) is 2. The van der Waals surface area contributed by atoms with Crippen molar-refractivity contribution < 1.29 is 18.8 Å². The van der Waals surface area contributed by atoms with Crippen molar-refractivity contribution in [2.24, 2.45) is 0 Å². The van der Waals surface area contributed by atoms with Crippen LogP contribution in [0, 0.1) is 6.92 Å². The second kappa shape index (κ2) is 7.63. The van der Waals surface area contributed by atoms with Crippen molar-refractivity contribution in [1.82, 2.24) is 5.16 Å². The van der Waals surface area contributed by atoms with Crippen molar-refractivity contribution in [3.05, 3.63) is 64.0 Å². The third-order valence-corrected chi connectivity index (χ3v) is 4.10. The van der Waals surface area contributed by atoms with Crippen LogP contribution in [-0.4, -0.2) is 17.2 Å². The van der Waals surface area contributed by atoms with Gasteiger partial charge in [-0.1, -0.05) is 35.5 Å². The van der Waals surface area contributed by atoms with Gasteiger partial charge in [0.05, 0.1) is 5.69 Å². The van der Waals surface area contributed by atoms with Crippen LogP contribution >= 0.6 is 11.3 Å². The molecular formula is C17H15N3O4S. The summed E-state index contributed by atoms with van der Waals surface area (Å²) in [7, 11) is 0. The SMILES string of the molecule is Cc1cc(NC(=O)c2sccc2NC(=O)OCc2ccccc2)no1. The van der Waals surface area contributed by atoms with Gasteiger partial charge in [0.15, 0.2) is 5.82 Å². The number of amides is 2. The van der Waals surface area contributed by atoms with E-state index in [4.69, 9.17) is 9.26 Å². The molecule has 25 heavy (non-hydrogen) atoms. The summed E-state index contributed by atoms with van der Waals surface area (Å²) < 4.78 is 10.1. The first-order valence-corrected chi connectivity index (χ1v) is 8.29. The van der Waals surface area contributed by atoms with Crippen LogP contribution in [0.2, 0.25) is 0 Å². The number of nitrogens with one attached hydrogen (secondary N) is 2. The third-order valence-electron chi connectivity index (χ3n) is 3.19. The summed E-state index contributed by atoms with van der Waals surface area (Å²) in [6.45, 7) is 1.88. The Morgan fingerprint density at radius 2 is 2.00 bits per heavy atom.